The van der Waals surface area contributed by atoms with Crippen LogP contribution in [0.1, 0.15) is 34.6 Å². The zero-order valence-electron chi connectivity index (χ0n) is 9.96. The fraction of sp³-hybridized carbons (Fsp3) is 0.462. The second-order valence-corrected chi connectivity index (χ2v) is 4.24. The average Bonchev–Trinajstić information content (AvgIpc) is 2.02. The summed E-state index contributed by atoms with van der Waals surface area (Å²) >= 11 is 0. The zero-order chi connectivity index (χ0) is 11.2. The molecule has 0 aromatic carbocycles. The Morgan fingerprint density at radius 3 is 1.93 bits per heavy atom. The van der Waals surface area contributed by atoms with Crippen LogP contribution < -0.4 is 0 Å². The van der Waals surface area contributed by atoms with Crippen LogP contribution in [0, 0.1) is 5.41 Å². The van der Waals surface area contributed by atoms with Crippen molar-refractivity contribution in [1.29, 1.82) is 0 Å². The van der Waals surface area contributed by atoms with Crippen LogP contribution in [0.3, 0.4) is 0 Å². The van der Waals surface area contributed by atoms with Crippen molar-refractivity contribution < 1.29 is 0 Å². The minimum atomic E-state index is 0.0665. The lowest BCUT2D eigenvalue weighted by Crippen LogP contribution is -2.18. The van der Waals surface area contributed by atoms with Crippen molar-refractivity contribution in [1.82, 2.24) is 0 Å². The van der Waals surface area contributed by atoms with E-state index in [1.165, 1.54) is 0 Å². The average molecular weight is 191 g/mol. The molecule has 1 nitrogen and oxygen atoms in total. The van der Waals surface area contributed by atoms with Crippen LogP contribution in [-0.4, -0.2) is 5.71 Å². The van der Waals surface area contributed by atoms with E-state index in [2.05, 4.69) is 32.3 Å². The van der Waals surface area contributed by atoms with Crippen molar-refractivity contribution in [3.63, 3.8) is 0 Å². The molecule has 0 aliphatic heterocycles. The van der Waals surface area contributed by atoms with Crippen LogP contribution in [-0.2, 0) is 0 Å². The maximum atomic E-state index is 4.48. The van der Waals surface area contributed by atoms with E-state index in [4.69, 9.17) is 0 Å². The van der Waals surface area contributed by atoms with Gasteiger partial charge in [0.25, 0.3) is 0 Å². The molecule has 0 fully saturated rings. The van der Waals surface area contributed by atoms with Gasteiger partial charge in [-0.15, -0.1) is 0 Å². The maximum Gasteiger partial charge on any atom is 0.0558 e. The Morgan fingerprint density at radius 2 is 1.57 bits per heavy atom. The van der Waals surface area contributed by atoms with Crippen molar-refractivity contribution in [3.8, 4) is 0 Å². The second-order valence-electron chi connectivity index (χ2n) is 4.24. The summed E-state index contributed by atoms with van der Waals surface area (Å²) in [6.07, 6.45) is 7.90. The van der Waals surface area contributed by atoms with Crippen molar-refractivity contribution in [2.24, 2.45) is 10.4 Å². The minimum Gasteiger partial charge on any atom is -0.254 e. The Hall–Kier alpha value is -1.11. The molecule has 0 rings (SSSR count). The minimum absolute atomic E-state index is 0.0665. The molecule has 1 heteroatoms. The lowest BCUT2D eigenvalue weighted by atomic mass is 9.89. The zero-order valence-corrected chi connectivity index (χ0v) is 9.96. The summed E-state index contributed by atoms with van der Waals surface area (Å²) in [5, 5.41) is 0. The second kappa shape index (κ2) is 5.58. The third kappa shape index (κ3) is 4.80. The van der Waals surface area contributed by atoms with E-state index in [9.17, 15) is 0 Å². The summed E-state index contributed by atoms with van der Waals surface area (Å²) < 4.78 is 0. The van der Waals surface area contributed by atoms with Gasteiger partial charge in [-0.05, 0) is 26.0 Å². The molecule has 0 amide bonds. The molecule has 0 unspecified atom stereocenters. The van der Waals surface area contributed by atoms with E-state index >= 15 is 0 Å². The van der Waals surface area contributed by atoms with Gasteiger partial charge in [-0.3, -0.25) is 4.99 Å². The molecule has 0 aliphatic rings. The highest BCUT2D eigenvalue weighted by atomic mass is 14.8. The number of aliphatic imine (C=N–C) groups is 1. The highest BCUT2D eigenvalue weighted by molar-refractivity contribution is 5.99. The van der Waals surface area contributed by atoms with Crippen LogP contribution in [0.2, 0.25) is 0 Å². The largest absolute Gasteiger partial charge is 0.254 e. The maximum absolute atomic E-state index is 4.48. The lowest BCUT2D eigenvalue weighted by molar-refractivity contribution is 0.593. The number of hydrogen-bond donors (Lipinski definition) is 0. The summed E-state index contributed by atoms with van der Waals surface area (Å²) in [5.41, 5.74) is 1.93. The molecular formula is C13H21N. The van der Waals surface area contributed by atoms with Crippen molar-refractivity contribution in [2.45, 2.75) is 34.6 Å². The van der Waals surface area contributed by atoms with Gasteiger partial charge in [0.05, 0.1) is 5.70 Å². The Balaban J connectivity index is 4.92. The van der Waals surface area contributed by atoms with Crippen molar-refractivity contribution >= 4 is 5.71 Å². The number of allylic oxidation sites excluding steroid dienone is 4. The van der Waals surface area contributed by atoms with E-state index in [-0.39, 0.29) is 5.41 Å². The van der Waals surface area contributed by atoms with Gasteiger partial charge in [0, 0.05) is 11.1 Å². The molecule has 0 radical (unpaired) electrons. The first kappa shape index (κ1) is 12.9. The van der Waals surface area contributed by atoms with Crippen LogP contribution in [0.4, 0.5) is 0 Å². The summed E-state index contributed by atoms with van der Waals surface area (Å²) in [6.45, 7) is 14.3. The van der Waals surface area contributed by atoms with Crippen LogP contribution in [0.5, 0.6) is 0 Å². The third-order valence-electron chi connectivity index (χ3n) is 1.72. The van der Waals surface area contributed by atoms with Crippen LogP contribution in [0.15, 0.2) is 41.6 Å². The first-order valence-corrected chi connectivity index (χ1v) is 4.95. The van der Waals surface area contributed by atoms with Gasteiger partial charge < -0.3 is 0 Å². The molecule has 14 heavy (non-hydrogen) atoms. The van der Waals surface area contributed by atoms with E-state index in [0.29, 0.717) is 0 Å². The molecule has 0 aromatic heterocycles. The molecule has 0 saturated heterocycles. The molecule has 0 atom stereocenters. The topological polar surface area (TPSA) is 12.4 Å². The first-order chi connectivity index (χ1) is 6.41. The molecular weight excluding hydrogens is 170 g/mol. The Bertz CT molecular complexity index is 272. The third-order valence-corrected chi connectivity index (χ3v) is 1.72. The molecule has 0 heterocycles. The van der Waals surface area contributed by atoms with E-state index in [1.54, 1.807) is 0 Å². The summed E-state index contributed by atoms with van der Waals surface area (Å²) in [7, 11) is 0. The molecule has 0 aromatic rings. The van der Waals surface area contributed by atoms with Crippen LogP contribution >= 0.6 is 0 Å². The van der Waals surface area contributed by atoms with Gasteiger partial charge in [-0.2, -0.15) is 0 Å². The van der Waals surface area contributed by atoms with Crippen molar-refractivity contribution in [2.75, 3.05) is 0 Å². The molecule has 0 N–H and O–H groups in total. The summed E-state index contributed by atoms with van der Waals surface area (Å²) in [6, 6.07) is 0. The fourth-order valence-electron chi connectivity index (χ4n) is 0.997. The SMILES string of the molecule is C=C(/C=C/C)N=C(/C=C\C)C(C)(C)C. The van der Waals surface area contributed by atoms with Gasteiger partial charge in [0.15, 0.2) is 0 Å². The number of nitrogens with zero attached hydrogens (tertiary/aromatic N) is 1. The van der Waals surface area contributed by atoms with Gasteiger partial charge in [0.2, 0.25) is 0 Å². The van der Waals surface area contributed by atoms with E-state index in [1.807, 2.05) is 38.2 Å². The molecule has 0 bridgehead atoms. The molecule has 0 aliphatic carbocycles. The van der Waals surface area contributed by atoms with Gasteiger partial charge in [-0.25, -0.2) is 0 Å². The monoisotopic (exact) mass is 191 g/mol. The van der Waals surface area contributed by atoms with E-state index < -0.39 is 0 Å². The standard InChI is InChI=1S/C13H21N/c1-7-9-11(3)14-12(10-8-2)13(4,5)6/h7-10H,3H2,1-2,4-6H3/b9-7+,10-8-,14-12?. The normalized spacial score (nSPS) is 14.2. The predicted octanol–water partition coefficient (Wildman–Crippen LogP) is 4.14. The first-order valence-electron chi connectivity index (χ1n) is 4.95. The predicted molar refractivity (Wildman–Crippen MR) is 65.7 cm³/mol. The van der Waals surface area contributed by atoms with Gasteiger partial charge in [-0.1, -0.05) is 39.5 Å². The van der Waals surface area contributed by atoms with E-state index in [0.717, 1.165) is 11.4 Å². The summed E-state index contributed by atoms with van der Waals surface area (Å²) in [4.78, 5) is 4.48. The number of hydrogen-bond acceptors (Lipinski definition) is 1. The summed E-state index contributed by atoms with van der Waals surface area (Å²) in [5.74, 6) is 0. The Labute approximate surface area is 87.9 Å². The Morgan fingerprint density at radius 1 is 1.07 bits per heavy atom. The quantitative estimate of drug-likeness (QED) is 0.469. The Kier molecular flexibility index (Phi) is 5.14. The smallest absolute Gasteiger partial charge is 0.0558 e. The van der Waals surface area contributed by atoms with Gasteiger partial charge >= 0.3 is 0 Å². The highest BCUT2D eigenvalue weighted by Gasteiger charge is 2.15. The van der Waals surface area contributed by atoms with Gasteiger partial charge in [0.1, 0.15) is 0 Å². The fourth-order valence-corrected chi connectivity index (χ4v) is 0.997. The molecule has 0 saturated carbocycles. The molecule has 0 spiro atoms. The number of rotatable bonds is 3. The molecule has 78 valence electrons. The highest BCUT2D eigenvalue weighted by Crippen LogP contribution is 2.18. The van der Waals surface area contributed by atoms with Crippen LogP contribution in [0.25, 0.3) is 0 Å². The van der Waals surface area contributed by atoms with Crippen molar-refractivity contribution in [3.05, 3.63) is 36.6 Å². The lowest BCUT2D eigenvalue weighted by Gasteiger charge is -2.18.